The minimum absolute atomic E-state index is 0.107. The zero-order valence-electron chi connectivity index (χ0n) is 14.5. The van der Waals surface area contributed by atoms with Crippen LogP contribution in [-0.2, 0) is 4.79 Å². The third-order valence-corrected chi connectivity index (χ3v) is 4.23. The summed E-state index contributed by atoms with van der Waals surface area (Å²) in [6, 6.07) is 0.339. The average molecular weight is 282 g/mol. The first kappa shape index (κ1) is 17.5. The number of hydrogen-bond acceptors (Lipinski definition) is 2. The van der Waals surface area contributed by atoms with Crippen molar-refractivity contribution in [1.29, 1.82) is 0 Å². The summed E-state index contributed by atoms with van der Waals surface area (Å²) in [7, 11) is 0. The second kappa shape index (κ2) is 6.46. The van der Waals surface area contributed by atoms with Crippen molar-refractivity contribution in [3.63, 3.8) is 0 Å². The molecule has 1 aliphatic carbocycles. The van der Waals surface area contributed by atoms with E-state index in [0.717, 1.165) is 0 Å². The van der Waals surface area contributed by atoms with Gasteiger partial charge in [-0.2, -0.15) is 0 Å². The molecule has 1 saturated carbocycles. The predicted molar refractivity (Wildman–Crippen MR) is 85.7 cm³/mol. The molecule has 3 heteroatoms. The highest BCUT2D eigenvalue weighted by Gasteiger charge is 2.35. The summed E-state index contributed by atoms with van der Waals surface area (Å²) >= 11 is 0. The topological polar surface area (TPSA) is 41.1 Å². The lowest BCUT2D eigenvalue weighted by Gasteiger charge is -2.42. The molecule has 0 aliphatic heterocycles. The molecule has 1 rings (SSSR count). The minimum Gasteiger partial charge on any atom is -0.350 e. The summed E-state index contributed by atoms with van der Waals surface area (Å²) in [5.41, 5.74) is 0.140. The van der Waals surface area contributed by atoms with Crippen LogP contribution in [0.25, 0.3) is 0 Å². The van der Waals surface area contributed by atoms with Crippen LogP contribution in [0.5, 0.6) is 0 Å². The molecule has 0 radical (unpaired) electrons. The molecule has 0 aromatic heterocycles. The summed E-state index contributed by atoms with van der Waals surface area (Å²) in [6.45, 7) is 15.0. The molecule has 0 saturated heterocycles. The largest absolute Gasteiger partial charge is 0.350 e. The minimum atomic E-state index is -0.164. The molecule has 1 aliphatic rings. The molecule has 1 amide bonds. The number of carbonyl (C=O) groups is 1. The number of carbonyl (C=O) groups excluding carboxylic acids is 1. The molecule has 0 aromatic carbocycles. The Kier molecular flexibility index (Phi) is 5.65. The molecular formula is C17H34N2O. The van der Waals surface area contributed by atoms with Crippen LogP contribution >= 0.6 is 0 Å². The third-order valence-electron chi connectivity index (χ3n) is 4.23. The lowest BCUT2D eigenvalue weighted by Crippen LogP contribution is -2.55. The van der Waals surface area contributed by atoms with Gasteiger partial charge in [-0.05, 0) is 51.9 Å². The van der Waals surface area contributed by atoms with Crippen LogP contribution in [0.4, 0.5) is 0 Å². The van der Waals surface area contributed by atoms with Crippen LogP contribution in [-0.4, -0.2) is 23.5 Å². The SMILES string of the molecule is CC(NC1CCCCC1C(C)(C)C)C(=O)NC(C)(C)C. The molecule has 0 bridgehead atoms. The van der Waals surface area contributed by atoms with E-state index in [1.54, 1.807) is 0 Å². The molecule has 0 aromatic rings. The van der Waals surface area contributed by atoms with Crippen molar-refractivity contribution in [1.82, 2.24) is 10.6 Å². The zero-order chi connectivity index (χ0) is 15.6. The van der Waals surface area contributed by atoms with Gasteiger partial charge in [0.2, 0.25) is 5.91 Å². The molecule has 3 atom stereocenters. The van der Waals surface area contributed by atoms with E-state index < -0.39 is 0 Å². The van der Waals surface area contributed by atoms with Gasteiger partial charge in [-0.15, -0.1) is 0 Å². The van der Waals surface area contributed by atoms with Crippen molar-refractivity contribution in [2.45, 2.75) is 91.8 Å². The van der Waals surface area contributed by atoms with Gasteiger partial charge in [-0.1, -0.05) is 33.6 Å². The van der Waals surface area contributed by atoms with E-state index in [2.05, 4.69) is 31.4 Å². The first-order chi connectivity index (χ1) is 9.00. The number of nitrogens with one attached hydrogen (secondary N) is 2. The summed E-state index contributed by atoms with van der Waals surface area (Å²) in [4.78, 5) is 12.2. The van der Waals surface area contributed by atoms with Crippen LogP contribution in [0.15, 0.2) is 0 Å². The van der Waals surface area contributed by atoms with Gasteiger partial charge >= 0.3 is 0 Å². The van der Waals surface area contributed by atoms with Crippen LogP contribution in [0, 0.1) is 11.3 Å². The highest BCUT2D eigenvalue weighted by molar-refractivity contribution is 5.81. The molecule has 3 nitrogen and oxygen atoms in total. The molecule has 0 spiro atoms. The summed E-state index contributed by atoms with van der Waals surface area (Å²) in [5, 5.41) is 6.65. The highest BCUT2D eigenvalue weighted by Crippen LogP contribution is 2.38. The molecular weight excluding hydrogens is 248 g/mol. The molecule has 2 N–H and O–H groups in total. The van der Waals surface area contributed by atoms with E-state index >= 15 is 0 Å². The highest BCUT2D eigenvalue weighted by atomic mass is 16.2. The fourth-order valence-corrected chi connectivity index (χ4v) is 3.24. The van der Waals surface area contributed by atoms with Crippen LogP contribution < -0.4 is 10.6 Å². The van der Waals surface area contributed by atoms with Gasteiger partial charge in [-0.3, -0.25) is 4.79 Å². The van der Waals surface area contributed by atoms with Gasteiger partial charge in [0.1, 0.15) is 0 Å². The van der Waals surface area contributed by atoms with E-state index in [9.17, 15) is 4.79 Å². The quantitative estimate of drug-likeness (QED) is 0.832. The van der Waals surface area contributed by atoms with Gasteiger partial charge < -0.3 is 10.6 Å². The van der Waals surface area contributed by atoms with Crippen molar-refractivity contribution >= 4 is 5.91 Å². The lowest BCUT2D eigenvalue weighted by molar-refractivity contribution is -0.124. The van der Waals surface area contributed by atoms with Crippen molar-refractivity contribution in [3.8, 4) is 0 Å². The maximum absolute atomic E-state index is 12.2. The van der Waals surface area contributed by atoms with Crippen LogP contribution in [0.2, 0.25) is 0 Å². The average Bonchev–Trinajstić information content (AvgIpc) is 2.25. The Morgan fingerprint density at radius 1 is 1.05 bits per heavy atom. The fraction of sp³-hybridized carbons (Fsp3) is 0.941. The second-order valence-corrected chi connectivity index (χ2v) is 8.49. The van der Waals surface area contributed by atoms with Gasteiger partial charge in [0.25, 0.3) is 0 Å². The predicted octanol–water partition coefficient (Wildman–Crippen LogP) is 3.48. The summed E-state index contributed by atoms with van der Waals surface area (Å²) in [5.74, 6) is 0.761. The van der Waals surface area contributed by atoms with Gasteiger partial charge in [0.15, 0.2) is 0 Å². The van der Waals surface area contributed by atoms with Crippen molar-refractivity contribution in [2.24, 2.45) is 11.3 Å². The third kappa shape index (κ3) is 5.43. The van der Waals surface area contributed by atoms with Crippen molar-refractivity contribution < 1.29 is 4.79 Å². The molecule has 118 valence electrons. The van der Waals surface area contributed by atoms with Gasteiger partial charge in [0, 0.05) is 11.6 Å². The van der Waals surface area contributed by atoms with Crippen LogP contribution in [0.1, 0.15) is 74.1 Å². The zero-order valence-corrected chi connectivity index (χ0v) is 14.5. The van der Waals surface area contributed by atoms with E-state index in [4.69, 9.17) is 0 Å². The Bertz CT molecular complexity index is 325. The maximum Gasteiger partial charge on any atom is 0.237 e. The number of rotatable bonds is 3. The Hall–Kier alpha value is -0.570. The molecule has 3 unspecified atom stereocenters. The van der Waals surface area contributed by atoms with E-state index in [1.165, 1.54) is 25.7 Å². The van der Waals surface area contributed by atoms with Gasteiger partial charge in [0.05, 0.1) is 6.04 Å². The second-order valence-electron chi connectivity index (χ2n) is 8.49. The van der Waals surface area contributed by atoms with E-state index in [1.807, 2.05) is 27.7 Å². The standard InChI is InChI=1S/C17H34N2O/c1-12(15(20)19-17(5,6)7)18-14-11-9-8-10-13(14)16(2,3)4/h12-14,18H,8-11H2,1-7H3,(H,19,20). The van der Waals surface area contributed by atoms with Crippen molar-refractivity contribution in [2.75, 3.05) is 0 Å². The first-order valence-electron chi connectivity index (χ1n) is 8.09. The molecule has 20 heavy (non-hydrogen) atoms. The van der Waals surface area contributed by atoms with E-state index in [0.29, 0.717) is 17.4 Å². The normalized spacial score (nSPS) is 26.1. The maximum atomic E-state index is 12.2. The van der Waals surface area contributed by atoms with Crippen molar-refractivity contribution in [3.05, 3.63) is 0 Å². The fourth-order valence-electron chi connectivity index (χ4n) is 3.24. The molecule has 0 heterocycles. The van der Waals surface area contributed by atoms with Crippen LogP contribution in [0.3, 0.4) is 0 Å². The summed E-state index contributed by atoms with van der Waals surface area (Å²) in [6.07, 6.45) is 5.06. The lowest BCUT2D eigenvalue weighted by atomic mass is 9.69. The number of hydrogen-bond donors (Lipinski definition) is 2. The van der Waals surface area contributed by atoms with Gasteiger partial charge in [-0.25, -0.2) is 0 Å². The smallest absolute Gasteiger partial charge is 0.237 e. The molecule has 1 fully saturated rings. The Balaban J connectivity index is 2.63. The monoisotopic (exact) mass is 282 g/mol. The summed E-state index contributed by atoms with van der Waals surface area (Å²) < 4.78 is 0. The Morgan fingerprint density at radius 3 is 2.10 bits per heavy atom. The number of amides is 1. The first-order valence-corrected chi connectivity index (χ1v) is 8.09. The Morgan fingerprint density at radius 2 is 1.60 bits per heavy atom. The van der Waals surface area contributed by atoms with E-state index in [-0.39, 0.29) is 17.5 Å². The Labute approximate surface area is 125 Å².